The van der Waals surface area contributed by atoms with Crippen molar-refractivity contribution in [2.75, 3.05) is 0 Å². The molecule has 0 bridgehead atoms. The topological polar surface area (TPSA) is 12.4 Å². The van der Waals surface area contributed by atoms with Gasteiger partial charge in [0.25, 0.3) is 0 Å². The van der Waals surface area contributed by atoms with E-state index in [-0.39, 0.29) is 0 Å². The van der Waals surface area contributed by atoms with Crippen molar-refractivity contribution in [2.24, 2.45) is 34.6 Å². The van der Waals surface area contributed by atoms with E-state index in [2.05, 4.69) is 56.4 Å². The average Bonchev–Trinajstić information content (AvgIpc) is 3.08. The summed E-state index contributed by atoms with van der Waals surface area (Å²) in [5, 5.41) is 0. The summed E-state index contributed by atoms with van der Waals surface area (Å²) in [4.78, 5) is 5.30. The zero-order chi connectivity index (χ0) is 16.5. The molecule has 1 saturated carbocycles. The third kappa shape index (κ3) is 3.10. The third-order valence-corrected chi connectivity index (χ3v) is 6.58. The van der Waals surface area contributed by atoms with Gasteiger partial charge < -0.3 is 0 Å². The maximum atomic E-state index is 5.30. The first-order chi connectivity index (χ1) is 11.7. The highest BCUT2D eigenvalue weighted by atomic mass is 14.8. The molecular weight excluding hydrogens is 290 g/mol. The van der Waals surface area contributed by atoms with Crippen LogP contribution in [0, 0.1) is 29.6 Å². The van der Waals surface area contributed by atoms with E-state index >= 15 is 0 Å². The summed E-state index contributed by atoms with van der Waals surface area (Å²) in [5.74, 6) is 3.64. The number of nitrogens with zero attached hydrogens (tertiary/aromatic N) is 1. The number of hydrogen-bond donors (Lipinski definition) is 0. The maximum absolute atomic E-state index is 5.30. The van der Waals surface area contributed by atoms with Gasteiger partial charge in [0, 0.05) is 17.5 Å². The quantitative estimate of drug-likeness (QED) is 0.573. The van der Waals surface area contributed by atoms with Crippen LogP contribution in [0.4, 0.5) is 0 Å². The summed E-state index contributed by atoms with van der Waals surface area (Å²) in [7, 11) is 0. The van der Waals surface area contributed by atoms with Crippen LogP contribution in [0.25, 0.3) is 0 Å². The van der Waals surface area contributed by atoms with E-state index in [0.29, 0.717) is 23.8 Å². The van der Waals surface area contributed by atoms with Gasteiger partial charge >= 0.3 is 0 Å². The average molecular weight is 322 g/mol. The molecule has 1 heterocycles. The lowest BCUT2D eigenvalue weighted by Gasteiger charge is -2.36. The Morgan fingerprint density at radius 2 is 1.92 bits per heavy atom. The number of aliphatic imine (C=N–C) groups is 1. The first-order valence-corrected chi connectivity index (χ1v) is 10.0. The second-order valence-electron chi connectivity index (χ2n) is 8.45. The van der Waals surface area contributed by atoms with Crippen molar-refractivity contribution in [1.82, 2.24) is 0 Å². The lowest BCUT2D eigenvalue weighted by Crippen LogP contribution is -2.29. The van der Waals surface area contributed by atoms with E-state index in [0.717, 1.165) is 18.3 Å². The Hall–Kier alpha value is -1.37. The van der Waals surface area contributed by atoms with Gasteiger partial charge in [0.2, 0.25) is 0 Å². The lowest BCUT2D eigenvalue weighted by atomic mass is 9.69. The molecule has 128 valence electrons. The van der Waals surface area contributed by atoms with Crippen LogP contribution in [0.2, 0.25) is 0 Å². The molecule has 0 N–H and O–H groups in total. The Kier molecular flexibility index (Phi) is 4.61. The van der Waals surface area contributed by atoms with Gasteiger partial charge in [-0.15, -0.1) is 0 Å². The molecule has 1 heteroatoms. The first kappa shape index (κ1) is 16.1. The van der Waals surface area contributed by atoms with Gasteiger partial charge in [0.15, 0.2) is 0 Å². The molecule has 0 aromatic carbocycles. The SMILES string of the molecule is CC(C)C1=CC(C2CCC3C=CCCC3C2)=NC1C1C=CC=CC1. The number of hydrogen-bond acceptors (Lipinski definition) is 1. The van der Waals surface area contributed by atoms with E-state index in [1.165, 1.54) is 37.8 Å². The second kappa shape index (κ2) is 6.86. The van der Waals surface area contributed by atoms with Crippen LogP contribution >= 0.6 is 0 Å². The first-order valence-electron chi connectivity index (χ1n) is 10.0. The largest absolute Gasteiger partial charge is 0.281 e. The van der Waals surface area contributed by atoms with Crippen LogP contribution in [-0.2, 0) is 0 Å². The second-order valence-corrected chi connectivity index (χ2v) is 8.45. The molecule has 0 saturated heterocycles. The molecule has 4 aliphatic rings. The minimum atomic E-state index is 0.394. The van der Waals surface area contributed by atoms with E-state index in [9.17, 15) is 0 Å². The van der Waals surface area contributed by atoms with Crippen molar-refractivity contribution in [1.29, 1.82) is 0 Å². The summed E-state index contributed by atoms with van der Waals surface area (Å²) >= 11 is 0. The highest BCUT2D eigenvalue weighted by Crippen LogP contribution is 2.42. The number of fused-ring (bicyclic) bond motifs is 1. The van der Waals surface area contributed by atoms with Gasteiger partial charge in [-0.2, -0.15) is 0 Å². The van der Waals surface area contributed by atoms with Gasteiger partial charge in [0.05, 0.1) is 6.04 Å². The number of rotatable bonds is 3. The zero-order valence-electron chi connectivity index (χ0n) is 15.2. The molecule has 0 aromatic rings. The Balaban J connectivity index is 1.53. The standard InChI is InChI=1S/C23H31N/c1-16(2)21-15-22(24-23(21)18-9-4-3-5-10-18)20-13-12-17-8-6-7-11-19(17)14-20/h3-6,8-9,15-20,23H,7,10-14H2,1-2H3. The minimum Gasteiger partial charge on any atom is -0.281 e. The third-order valence-electron chi connectivity index (χ3n) is 6.58. The fourth-order valence-corrected chi connectivity index (χ4v) is 5.16. The summed E-state index contributed by atoms with van der Waals surface area (Å²) in [5.41, 5.74) is 3.00. The highest BCUT2D eigenvalue weighted by molar-refractivity contribution is 6.00. The lowest BCUT2D eigenvalue weighted by molar-refractivity contribution is 0.231. The predicted octanol–water partition coefficient (Wildman–Crippen LogP) is 5.91. The van der Waals surface area contributed by atoms with Crippen molar-refractivity contribution < 1.29 is 0 Å². The molecule has 0 radical (unpaired) electrons. The van der Waals surface area contributed by atoms with Crippen LogP contribution in [0.3, 0.4) is 0 Å². The predicted molar refractivity (Wildman–Crippen MR) is 103 cm³/mol. The Bertz CT molecular complexity index is 616. The molecule has 0 spiro atoms. The Labute approximate surface area is 147 Å². The smallest absolute Gasteiger partial charge is 0.0784 e. The molecule has 3 aliphatic carbocycles. The molecule has 5 unspecified atom stereocenters. The molecule has 1 nitrogen and oxygen atoms in total. The fourth-order valence-electron chi connectivity index (χ4n) is 5.16. The molecule has 24 heavy (non-hydrogen) atoms. The van der Waals surface area contributed by atoms with Gasteiger partial charge in [-0.25, -0.2) is 0 Å². The van der Waals surface area contributed by atoms with Crippen molar-refractivity contribution in [3.8, 4) is 0 Å². The van der Waals surface area contributed by atoms with E-state index in [1.807, 2.05) is 0 Å². The van der Waals surface area contributed by atoms with Crippen LogP contribution in [0.1, 0.15) is 52.4 Å². The zero-order valence-corrected chi connectivity index (χ0v) is 15.2. The molecular formula is C23H31N. The molecule has 5 atom stereocenters. The van der Waals surface area contributed by atoms with E-state index in [4.69, 9.17) is 4.99 Å². The van der Waals surface area contributed by atoms with Gasteiger partial charge in [-0.05, 0) is 67.9 Å². The van der Waals surface area contributed by atoms with Gasteiger partial charge in [0.1, 0.15) is 0 Å². The molecule has 1 fully saturated rings. The Morgan fingerprint density at radius 3 is 2.71 bits per heavy atom. The molecule has 4 rings (SSSR count). The maximum Gasteiger partial charge on any atom is 0.0784 e. The Morgan fingerprint density at radius 1 is 1.00 bits per heavy atom. The number of allylic oxidation sites excluding steroid dienone is 6. The van der Waals surface area contributed by atoms with Crippen molar-refractivity contribution >= 4 is 5.71 Å². The summed E-state index contributed by atoms with van der Waals surface area (Å²) in [6.45, 7) is 4.67. The minimum absolute atomic E-state index is 0.394. The van der Waals surface area contributed by atoms with Gasteiger partial charge in [-0.1, -0.05) is 50.3 Å². The summed E-state index contributed by atoms with van der Waals surface area (Å²) < 4.78 is 0. The van der Waals surface area contributed by atoms with Gasteiger partial charge in [-0.3, -0.25) is 4.99 Å². The normalized spacial score (nSPS) is 38.2. The monoisotopic (exact) mass is 321 g/mol. The molecule has 1 aliphatic heterocycles. The van der Waals surface area contributed by atoms with Crippen molar-refractivity contribution in [3.63, 3.8) is 0 Å². The van der Waals surface area contributed by atoms with Crippen LogP contribution < -0.4 is 0 Å². The summed E-state index contributed by atoms with van der Waals surface area (Å²) in [6, 6.07) is 0.394. The fraction of sp³-hybridized carbons (Fsp3) is 0.609. The summed E-state index contributed by atoms with van der Waals surface area (Å²) in [6.07, 6.45) is 24.3. The van der Waals surface area contributed by atoms with Crippen LogP contribution in [-0.4, -0.2) is 11.8 Å². The van der Waals surface area contributed by atoms with E-state index in [1.54, 1.807) is 5.57 Å². The highest BCUT2D eigenvalue weighted by Gasteiger charge is 2.36. The molecule has 0 aromatic heterocycles. The van der Waals surface area contributed by atoms with Crippen molar-refractivity contribution in [3.05, 3.63) is 48.1 Å². The van der Waals surface area contributed by atoms with Crippen LogP contribution in [0.5, 0.6) is 0 Å². The van der Waals surface area contributed by atoms with E-state index < -0.39 is 0 Å². The molecule has 0 amide bonds. The van der Waals surface area contributed by atoms with Crippen LogP contribution in [0.15, 0.2) is 53.1 Å². The van der Waals surface area contributed by atoms with Crippen molar-refractivity contribution in [2.45, 2.75) is 58.4 Å².